The minimum atomic E-state index is -0.685. The van der Waals surface area contributed by atoms with Crippen molar-refractivity contribution in [3.63, 3.8) is 0 Å². The van der Waals surface area contributed by atoms with E-state index >= 15 is 0 Å². The van der Waals surface area contributed by atoms with E-state index in [0.29, 0.717) is 0 Å². The van der Waals surface area contributed by atoms with Gasteiger partial charge in [0.05, 0.1) is 5.66 Å². The van der Waals surface area contributed by atoms with Crippen molar-refractivity contribution in [3.05, 3.63) is 0 Å². The van der Waals surface area contributed by atoms with Crippen molar-refractivity contribution < 1.29 is 0 Å². The highest BCUT2D eigenvalue weighted by atomic mass is 15.0. The molecule has 1 unspecified atom stereocenters. The maximum Gasteiger partial charge on any atom is 0.0789 e. The zero-order valence-electron chi connectivity index (χ0n) is 16.8. The van der Waals surface area contributed by atoms with Gasteiger partial charge in [0.2, 0.25) is 0 Å². The van der Waals surface area contributed by atoms with Gasteiger partial charge in [0, 0.05) is 6.04 Å². The summed E-state index contributed by atoms with van der Waals surface area (Å²) in [7, 11) is 0. The summed E-state index contributed by atoms with van der Waals surface area (Å²) in [5.74, 6) is 0. The van der Waals surface area contributed by atoms with Crippen molar-refractivity contribution in [2.45, 2.75) is 135 Å². The van der Waals surface area contributed by atoms with E-state index < -0.39 is 5.66 Å². The Morgan fingerprint density at radius 2 is 0.875 bits per heavy atom. The largest absolute Gasteiger partial charge is 0.325 e. The maximum atomic E-state index is 5.97. The van der Waals surface area contributed by atoms with Gasteiger partial charge in [0.15, 0.2) is 0 Å². The molecule has 0 aliphatic carbocycles. The highest BCUT2D eigenvalue weighted by Crippen LogP contribution is 2.15. The molecule has 0 spiro atoms. The Morgan fingerprint density at radius 1 is 0.583 bits per heavy atom. The quantitative estimate of drug-likeness (QED) is 0.224. The minimum Gasteiger partial charge on any atom is -0.325 e. The van der Waals surface area contributed by atoms with Crippen molar-refractivity contribution >= 4 is 0 Å². The molecule has 0 amide bonds. The van der Waals surface area contributed by atoms with Gasteiger partial charge in [-0.3, -0.25) is 0 Å². The van der Waals surface area contributed by atoms with Crippen LogP contribution in [0.2, 0.25) is 0 Å². The van der Waals surface area contributed by atoms with Gasteiger partial charge in [-0.1, -0.05) is 110 Å². The van der Waals surface area contributed by atoms with E-state index in [9.17, 15) is 0 Å². The molecule has 0 aromatic carbocycles. The van der Waals surface area contributed by atoms with Gasteiger partial charge >= 0.3 is 0 Å². The van der Waals surface area contributed by atoms with Crippen molar-refractivity contribution in [2.75, 3.05) is 0 Å². The summed E-state index contributed by atoms with van der Waals surface area (Å²) in [4.78, 5) is 0. The van der Waals surface area contributed by atoms with Crippen LogP contribution in [-0.4, -0.2) is 11.7 Å². The summed E-state index contributed by atoms with van der Waals surface area (Å²) >= 11 is 0. The van der Waals surface area contributed by atoms with Gasteiger partial charge in [0.1, 0.15) is 0 Å². The van der Waals surface area contributed by atoms with E-state index in [4.69, 9.17) is 17.2 Å². The Balaban J connectivity index is 3.13. The molecule has 0 rings (SSSR count). The highest BCUT2D eigenvalue weighted by molar-refractivity contribution is 4.85. The first kappa shape index (κ1) is 23.9. The number of nitrogens with two attached hydrogens (primary N) is 3. The summed E-state index contributed by atoms with van der Waals surface area (Å²) in [5.41, 5.74) is 17.0. The monoisotopic (exact) mass is 341 g/mol. The fourth-order valence-electron chi connectivity index (χ4n) is 3.21. The summed E-state index contributed by atoms with van der Waals surface area (Å²) in [6.07, 6.45) is 23.0. The zero-order chi connectivity index (χ0) is 18.1. The van der Waals surface area contributed by atoms with Crippen LogP contribution < -0.4 is 17.2 Å². The van der Waals surface area contributed by atoms with Crippen LogP contribution in [0.3, 0.4) is 0 Å². The second-order valence-corrected chi connectivity index (χ2v) is 7.95. The maximum absolute atomic E-state index is 5.97. The summed E-state index contributed by atoms with van der Waals surface area (Å²) < 4.78 is 0. The van der Waals surface area contributed by atoms with E-state index in [1.165, 1.54) is 96.3 Å². The van der Waals surface area contributed by atoms with Crippen molar-refractivity contribution in [2.24, 2.45) is 17.2 Å². The molecule has 6 N–H and O–H groups in total. The van der Waals surface area contributed by atoms with Gasteiger partial charge in [-0.2, -0.15) is 0 Å². The minimum absolute atomic E-state index is 0.131. The summed E-state index contributed by atoms with van der Waals surface area (Å²) in [5, 5.41) is 0. The van der Waals surface area contributed by atoms with Gasteiger partial charge in [-0.25, -0.2) is 0 Å². The molecule has 0 aromatic rings. The van der Waals surface area contributed by atoms with E-state index in [0.717, 1.165) is 12.8 Å². The average Bonchev–Trinajstić information content (AvgIpc) is 2.54. The van der Waals surface area contributed by atoms with Gasteiger partial charge < -0.3 is 17.2 Å². The van der Waals surface area contributed by atoms with Crippen LogP contribution in [0, 0.1) is 0 Å². The van der Waals surface area contributed by atoms with Gasteiger partial charge in [-0.05, 0) is 13.3 Å². The third-order valence-electron chi connectivity index (χ3n) is 5.31. The first-order valence-electron chi connectivity index (χ1n) is 10.8. The van der Waals surface area contributed by atoms with Crippen molar-refractivity contribution in [3.8, 4) is 0 Å². The number of hydrogen-bond donors (Lipinski definition) is 3. The number of hydrogen-bond acceptors (Lipinski definition) is 3. The molecule has 0 radical (unpaired) electrons. The third kappa shape index (κ3) is 15.4. The lowest BCUT2D eigenvalue weighted by Gasteiger charge is -2.28. The molecule has 0 aliphatic heterocycles. The topological polar surface area (TPSA) is 78.1 Å². The molecule has 0 fully saturated rings. The summed E-state index contributed by atoms with van der Waals surface area (Å²) in [6.45, 7) is 4.18. The molecule has 0 bridgehead atoms. The SMILES string of the molecule is CCCCCCCCCCCCCCCCCCC(N)(N)C(C)N. The van der Waals surface area contributed by atoms with E-state index in [-0.39, 0.29) is 6.04 Å². The Kier molecular flexibility index (Phi) is 16.3. The Morgan fingerprint density at radius 3 is 1.17 bits per heavy atom. The second-order valence-electron chi connectivity index (χ2n) is 7.95. The Bertz CT molecular complexity index is 251. The predicted molar refractivity (Wildman–Crippen MR) is 109 cm³/mol. The van der Waals surface area contributed by atoms with Crippen LogP contribution in [0.4, 0.5) is 0 Å². The van der Waals surface area contributed by atoms with E-state index in [2.05, 4.69) is 6.92 Å². The van der Waals surface area contributed by atoms with Crippen LogP contribution in [0.25, 0.3) is 0 Å². The molecule has 0 aliphatic rings. The second kappa shape index (κ2) is 16.4. The molecular weight excluding hydrogens is 294 g/mol. The number of rotatable bonds is 18. The first-order valence-corrected chi connectivity index (χ1v) is 10.8. The van der Waals surface area contributed by atoms with Crippen LogP contribution in [0.1, 0.15) is 123 Å². The molecule has 1 atom stereocenters. The lowest BCUT2D eigenvalue weighted by Crippen LogP contribution is -2.61. The molecule has 0 heterocycles. The van der Waals surface area contributed by atoms with E-state index in [1.807, 2.05) is 6.92 Å². The van der Waals surface area contributed by atoms with E-state index in [1.54, 1.807) is 0 Å². The fraction of sp³-hybridized carbons (Fsp3) is 1.00. The Labute approximate surface area is 152 Å². The van der Waals surface area contributed by atoms with Crippen molar-refractivity contribution in [1.29, 1.82) is 0 Å². The summed E-state index contributed by atoms with van der Waals surface area (Å²) in [6, 6.07) is -0.131. The normalized spacial score (nSPS) is 13.4. The smallest absolute Gasteiger partial charge is 0.0789 e. The standard InChI is InChI=1S/C21H47N3/c1-3-4-5-6-7-8-9-10-11-12-13-14-15-16-17-18-19-21(23,24)20(2)22/h20H,3-19,22-24H2,1-2H3. The van der Waals surface area contributed by atoms with Gasteiger partial charge in [0.25, 0.3) is 0 Å². The Hall–Kier alpha value is -0.120. The average molecular weight is 342 g/mol. The van der Waals surface area contributed by atoms with Crippen LogP contribution in [0.15, 0.2) is 0 Å². The lowest BCUT2D eigenvalue weighted by molar-refractivity contribution is 0.332. The zero-order valence-corrected chi connectivity index (χ0v) is 16.8. The van der Waals surface area contributed by atoms with Crippen molar-refractivity contribution in [1.82, 2.24) is 0 Å². The molecular formula is C21H47N3. The molecule has 3 heteroatoms. The van der Waals surface area contributed by atoms with Crippen LogP contribution in [0.5, 0.6) is 0 Å². The lowest BCUT2D eigenvalue weighted by atomic mass is 9.96. The van der Waals surface area contributed by atoms with Gasteiger partial charge in [-0.15, -0.1) is 0 Å². The highest BCUT2D eigenvalue weighted by Gasteiger charge is 2.22. The third-order valence-corrected chi connectivity index (χ3v) is 5.31. The molecule has 0 aromatic heterocycles. The first-order chi connectivity index (χ1) is 11.5. The molecule has 146 valence electrons. The predicted octanol–water partition coefficient (Wildman–Crippen LogP) is 5.60. The number of unbranched alkanes of at least 4 members (excludes halogenated alkanes) is 15. The fourth-order valence-corrected chi connectivity index (χ4v) is 3.21. The molecule has 3 nitrogen and oxygen atoms in total. The molecule has 0 saturated carbocycles. The van der Waals surface area contributed by atoms with Crippen LogP contribution in [-0.2, 0) is 0 Å². The molecule has 24 heavy (non-hydrogen) atoms. The molecule has 0 saturated heterocycles. The van der Waals surface area contributed by atoms with Crippen LogP contribution >= 0.6 is 0 Å².